The lowest BCUT2D eigenvalue weighted by molar-refractivity contribution is -0.0438. The molecule has 1 nitrogen and oxygen atoms in total. The molecule has 1 aromatic carbocycles. The minimum atomic E-state index is -0.214. The Morgan fingerprint density at radius 3 is 2.13 bits per heavy atom. The fourth-order valence-corrected chi connectivity index (χ4v) is 5.75. The van der Waals surface area contributed by atoms with Crippen molar-refractivity contribution in [2.75, 3.05) is 6.61 Å². The van der Waals surface area contributed by atoms with Crippen molar-refractivity contribution in [2.24, 2.45) is 17.8 Å². The summed E-state index contributed by atoms with van der Waals surface area (Å²) in [5, 5.41) is 0. The van der Waals surface area contributed by atoms with Crippen LogP contribution in [-0.2, 0) is 4.74 Å². The summed E-state index contributed by atoms with van der Waals surface area (Å²) in [7, 11) is 0. The summed E-state index contributed by atoms with van der Waals surface area (Å²) in [4.78, 5) is 0. The number of unbranched alkanes of at least 4 members (excludes halogenated alkanes) is 3. The van der Waals surface area contributed by atoms with Crippen LogP contribution >= 0.6 is 0 Å². The smallest absolute Gasteiger partial charge is 0.129 e. The molecule has 2 saturated carbocycles. The van der Waals surface area contributed by atoms with Crippen LogP contribution < -0.4 is 0 Å². The van der Waals surface area contributed by atoms with Gasteiger partial charge in [-0.05, 0) is 81.8 Å². The summed E-state index contributed by atoms with van der Waals surface area (Å²) in [6.07, 6.45) is 18.8. The van der Waals surface area contributed by atoms with Gasteiger partial charge in [-0.15, -0.1) is 0 Å². The van der Waals surface area contributed by atoms with Crippen LogP contribution in [0, 0.1) is 36.5 Å². The van der Waals surface area contributed by atoms with Crippen molar-refractivity contribution in [3.05, 3.63) is 35.4 Å². The van der Waals surface area contributed by atoms with Gasteiger partial charge in [-0.25, -0.2) is 0 Å². The number of rotatable bonds is 9. The van der Waals surface area contributed by atoms with Gasteiger partial charge in [0.15, 0.2) is 0 Å². The molecule has 0 aromatic heterocycles. The highest BCUT2D eigenvalue weighted by Gasteiger charge is 2.38. The first-order valence-electron chi connectivity index (χ1n) is 13.4. The van der Waals surface area contributed by atoms with E-state index in [-0.39, 0.29) is 5.60 Å². The van der Waals surface area contributed by atoms with Crippen molar-refractivity contribution in [1.82, 2.24) is 0 Å². The fraction of sp³-hybridized carbons (Fsp3) is 0.733. The lowest BCUT2D eigenvalue weighted by atomic mass is 9.67. The molecule has 0 unspecified atom stereocenters. The molecule has 2 fully saturated rings. The van der Waals surface area contributed by atoms with E-state index in [0.717, 1.165) is 49.2 Å². The number of ether oxygens (including phenoxy) is 1. The predicted molar refractivity (Wildman–Crippen MR) is 133 cm³/mol. The van der Waals surface area contributed by atoms with Crippen molar-refractivity contribution in [2.45, 2.75) is 116 Å². The van der Waals surface area contributed by atoms with Crippen LogP contribution in [0.2, 0.25) is 0 Å². The number of hydrogen-bond donors (Lipinski definition) is 0. The van der Waals surface area contributed by atoms with Crippen molar-refractivity contribution >= 4 is 0 Å². The lowest BCUT2D eigenvalue weighted by Gasteiger charge is -2.41. The SMILES string of the molecule is CCCCCC1CCC(C2CCC(C#Cc3ccc(C)cc3)(OCCCC)CC2)CC1. The van der Waals surface area contributed by atoms with Gasteiger partial charge < -0.3 is 4.74 Å². The minimum absolute atomic E-state index is 0.214. The van der Waals surface area contributed by atoms with Crippen LogP contribution in [0.15, 0.2) is 24.3 Å². The molecule has 0 amide bonds. The van der Waals surface area contributed by atoms with E-state index in [0.29, 0.717) is 0 Å². The van der Waals surface area contributed by atoms with Gasteiger partial charge in [0.05, 0.1) is 0 Å². The Bertz CT molecular complexity index is 675. The van der Waals surface area contributed by atoms with Crippen LogP contribution in [0.3, 0.4) is 0 Å². The van der Waals surface area contributed by atoms with Gasteiger partial charge in [0.25, 0.3) is 0 Å². The van der Waals surface area contributed by atoms with Gasteiger partial charge in [-0.1, -0.05) is 88.3 Å². The molecule has 1 aromatic rings. The third-order valence-corrected chi connectivity index (χ3v) is 7.97. The molecule has 0 radical (unpaired) electrons. The highest BCUT2D eigenvalue weighted by Crippen LogP contribution is 2.44. The first-order chi connectivity index (χ1) is 15.1. The Hall–Kier alpha value is -1.26. The van der Waals surface area contributed by atoms with E-state index in [4.69, 9.17) is 4.74 Å². The average molecular weight is 423 g/mol. The molecule has 1 heteroatoms. The van der Waals surface area contributed by atoms with Gasteiger partial charge >= 0.3 is 0 Å². The van der Waals surface area contributed by atoms with Crippen molar-refractivity contribution in [1.29, 1.82) is 0 Å². The van der Waals surface area contributed by atoms with E-state index in [2.05, 4.69) is 56.9 Å². The molecule has 0 atom stereocenters. The van der Waals surface area contributed by atoms with E-state index in [1.54, 1.807) is 0 Å². The molecular weight excluding hydrogens is 376 g/mol. The van der Waals surface area contributed by atoms with E-state index >= 15 is 0 Å². The first-order valence-corrected chi connectivity index (χ1v) is 13.4. The summed E-state index contributed by atoms with van der Waals surface area (Å²) in [6.45, 7) is 7.54. The van der Waals surface area contributed by atoms with Crippen molar-refractivity contribution < 1.29 is 4.74 Å². The Balaban J connectivity index is 1.54. The molecule has 172 valence electrons. The van der Waals surface area contributed by atoms with Gasteiger partial charge in [-0.2, -0.15) is 0 Å². The van der Waals surface area contributed by atoms with Crippen LogP contribution in [0.5, 0.6) is 0 Å². The van der Waals surface area contributed by atoms with E-state index in [1.807, 2.05) is 0 Å². The maximum absolute atomic E-state index is 6.49. The third kappa shape index (κ3) is 7.68. The van der Waals surface area contributed by atoms with Gasteiger partial charge in [0.2, 0.25) is 0 Å². The Kier molecular flexibility index (Phi) is 9.98. The van der Waals surface area contributed by atoms with E-state index < -0.39 is 0 Å². The van der Waals surface area contributed by atoms with Crippen LogP contribution in [0.25, 0.3) is 0 Å². The second-order valence-electron chi connectivity index (χ2n) is 10.4. The molecule has 3 rings (SSSR count). The molecule has 2 aliphatic rings. The minimum Gasteiger partial charge on any atom is -0.362 e. The quantitative estimate of drug-likeness (QED) is 0.286. The second-order valence-corrected chi connectivity index (χ2v) is 10.4. The Labute approximate surface area is 192 Å². The van der Waals surface area contributed by atoms with Gasteiger partial charge in [-0.3, -0.25) is 0 Å². The second kappa shape index (κ2) is 12.7. The topological polar surface area (TPSA) is 9.23 Å². The molecule has 0 N–H and O–H groups in total. The molecule has 31 heavy (non-hydrogen) atoms. The molecule has 0 bridgehead atoms. The maximum atomic E-state index is 6.49. The Morgan fingerprint density at radius 2 is 1.48 bits per heavy atom. The first kappa shape index (κ1) is 24.4. The van der Waals surface area contributed by atoms with E-state index in [1.165, 1.54) is 76.2 Å². The summed E-state index contributed by atoms with van der Waals surface area (Å²) in [6, 6.07) is 8.60. The van der Waals surface area contributed by atoms with Crippen LogP contribution in [-0.4, -0.2) is 12.2 Å². The zero-order valence-corrected chi connectivity index (χ0v) is 20.6. The summed E-state index contributed by atoms with van der Waals surface area (Å²) < 4.78 is 6.49. The molecule has 0 heterocycles. The van der Waals surface area contributed by atoms with Gasteiger partial charge in [0.1, 0.15) is 5.60 Å². The fourth-order valence-electron chi connectivity index (χ4n) is 5.75. The molecule has 2 aliphatic carbocycles. The van der Waals surface area contributed by atoms with E-state index in [9.17, 15) is 0 Å². The molecular formula is C30H46O. The number of benzene rings is 1. The zero-order valence-electron chi connectivity index (χ0n) is 20.6. The average Bonchev–Trinajstić information content (AvgIpc) is 2.80. The summed E-state index contributed by atoms with van der Waals surface area (Å²) >= 11 is 0. The highest BCUT2D eigenvalue weighted by molar-refractivity contribution is 5.38. The largest absolute Gasteiger partial charge is 0.362 e. The number of aryl methyl sites for hydroxylation is 1. The lowest BCUT2D eigenvalue weighted by Crippen LogP contribution is -2.38. The standard InChI is InChI=1S/C30H46O/c1-4-6-8-9-26-14-16-28(17-15-26)29-19-22-30(23-20-29,31-24-7-5-2)21-18-27-12-10-25(3)11-13-27/h10-13,26,28-29H,4-9,14-17,19-20,22-24H2,1-3H3. The predicted octanol–water partition coefficient (Wildman–Crippen LogP) is 8.48. The van der Waals surface area contributed by atoms with Crippen LogP contribution in [0.4, 0.5) is 0 Å². The monoisotopic (exact) mass is 422 g/mol. The normalized spacial score (nSPS) is 28.7. The van der Waals surface area contributed by atoms with Gasteiger partial charge in [0, 0.05) is 12.2 Å². The van der Waals surface area contributed by atoms with Crippen LogP contribution in [0.1, 0.15) is 115 Å². The third-order valence-electron chi connectivity index (χ3n) is 7.97. The summed E-state index contributed by atoms with van der Waals surface area (Å²) in [5.74, 6) is 9.96. The highest BCUT2D eigenvalue weighted by atomic mass is 16.5. The molecule has 0 saturated heterocycles. The molecule has 0 aliphatic heterocycles. The van der Waals surface area contributed by atoms with Crippen molar-refractivity contribution in [3.63, 3.8) is 0 Å². The zero-order chi connectivity index (χ0) is 21.9. The molecule has 0 spiro atoms. The van der Waals surface area contributed by atoms with Crippen molar-refractivity contribution in [3.8, 4) is 11.8 Å². The number of hydrogen-bond acceptors (Lipinski definition) is 1. The Morgan fingerprint density at radius 1 is 0.839 bits per heavy atom. The maximum Gasteiger partial charge on any atom is 0.129 e. The summed E-state index contributed by atoms with van der Waals surface area (Å²) in [5.41, 5.74) is 2.20.